The van der Waals surface area contributed by atoms with Gasteiger partial charge >= 0.3 is 289 Å². The summed E-state index contributed by atoms with van der Waals surface area (Å²) < 4.78 is 4.72. The zero-order valence-corrected chi connectivity index (χ0v) is 48.2. The van der Waals surface area contributed by atoms with Gasteiger partial charge in [-0.2, -0.15) is 0 Å². The molecule has 0 spiro atoms. The van der Waals surface area contributed by atoms with Gasteiger partial charge in [-0.1, -0.05) is 79.7 Å². The molecule has 6 unspecified atom stereocenters. The quantitative estimate of drug-likeness (QED) is 0.0711. The fraction of sp³-hybridized carbons (Fsp3) is 0.278. The third-order valence-corrected chi connectivity index (χ3v) is 25.3. The summed E-state index contributed by atoms with van der Waals surface area (Å²) in [5.41, 5.74) is 24.3. The number of fused-ring (bicyclic) bond motifs is 3. The number of hydrogen-bond acceptors (Lipinski definition) is 1. The van der Waals surface area contributed by atoms with Gasteiger partial charge in [0, 0.05) is 23.4 Å². The molecule has 1 aliphatic heterocycles. The number of nitrogens with one attached hydrogen (secondary N) is 1. The van der Waals surface area contributed by atoms with Crippen LogP contribution in [0.15, 0.2) is 211 Å². The van der Waals surface area contributed by atoms with Gasteiger partial charge in [-0.3, -0.25) is 0 Å². The number of halogens is 2. The Balaban J connectivity index is 0.723. The first kappa shape index (κ1) is 51.3. The fourth-order valence-electron chi connectivity index (χ4n) is 13.1. The van der Waals surface area contributed by atoms with Gasteiger partial charge in [0.15, 0.2) is 0 Å². The van der Waals surface area contributed by atoms with Crippen LogP contribution in [0.3, 0.4) is 0 Å². The normalized spacial score (nSPS) is 25.4. The molecule has 1 N–H and O–H groups in total. The van der Waals surface area contributed by atoms with Gasteiger partial charge in [-0.05, 0) is 72.4 Å². The molecule has 3 heteroatoms. The molecule has 4 aromatic rings. The summed E-state index contributed by atoms with van der Waals surface area (Å²) in [5.74, 6) is 7.83. The average Bonchev–Trinajstić information content (AvgIpc) is 4.06. The second-order valence-corrected chi connectivity index (χ2v) is 30.6. The van der Waals surface area contributed by atoms with E-state index in [9.17, 15) is 0 Å². The molecule has 6 aliphatic carbocycles. The zero-order valence-electron chi connectivity index (χ0n) is 43.9. The molecule has 1 nitrogen and oxygen atoms in total. The van der Waals surface area contributed by atoms with E-state index >= 15 is 0 Å². The average molecular weight is 1200 g/mol. The van der Waals surface area contributed by atoms with Crippen molar-refractivity contribution >= 4 is 37.0 Å². The van der Waals surface area contributed by atoms with E-state index in [-0.39, 0.29) is 21.2 Å². The number of terminal acetylenes is 2. The van der Waals surface area contributed by atoms with E-state index in [1.807, 2.05) is 6.07 Å². The number of allylic oxidation sites excluding steroid dienone is 18. The van der Waals surface area contributed by atoms with Crippen molar-refractivity contribution in [3.8, 4) is 35.8 Å². The molecule has 1 saturated carbocycles. The number of hydrogen-bond donors (Lipinski definition) is 1. The van der Waals surface area contributed by atoms with Crippen molar-refractivity contribution in [2.75, 3.05) is 13.8 Å². The molecule has 1 heterocycles. The molecule has 11 rings (SSSR count). The Morgan fingerprint density at radius 3 is 2.45 bits per heavy atom. The summed E-state index contributed by atoms with van der Waals surface area (Å²) in [6, 6.07) is 32.6. The molecule has 4 aromatic carbocycles. The summed E-state index contributed by atoms with van der Waals surface area (Å²) in [4.78, 5) is 2.54. The Labute approximate surface area is 466 Å². The van der Waals surface area contributed by atoms with Gasteiger partial charge in [-0.25, -0.2) is 0 Å². The third-order valence-electron chi connectivity index (χ3n) is 16.8. The second-order valence-electron chi connectivity index (χ2n) is 22.0. The molecule has 0 radical (unpaired) electrons. The van der Waals surface area contributed by atoms with Crippen LogP contribution >= 0.6 is 19.8 Å². The van der Waals surface area contributed by atoms with Crippen LogP contribution in [0.2, 0.25) is 0 Å². The van der Waals surface area contributed by atoms with E-state index in [1.165, 1.54) is 98.1 Å². The van der Waals surface area contributed by atoms with Crippen molar-refractivity contribution in [3.05, 3.63) is 253 Å². The predicted octanol–water partition coefficient (Wildman–Crippen LogP) is 13.8. The van der Waals surface area contributed by atoms with Crippen LogP contribution in [0, 0.1) is 51.9 Å². The Kier molecular flexibility index (Phi) is 15.6. The van der Waals surface area contributed by atoms with E-state index < -0.39 is 19.8 Å². The van der Waals surface area contributed by atoms with E-state index in [4.69, 9.17) is 12.8 Å². The van der Waals surface area contributed by atoms with Gasteiger partial charge in [0.25, 0.3) is 0 Å². The Bertz CT molecular complexity index is 3340. The molecule has 75 heavy (non-hydrogen) atoms. The predicted molar refractivity (Wildman–Crippen MR) is 326 cm³/mol. The number of rotatable bonds is 15. The minimum atomic E-state index is -1.28. The Morgan fingerprint density at radius 1 is 0.787 bits per heavy atom. The van der Waals surface area contributed by atoms with Crippen molar-refractivity contribution in [2.45, 2.75) is 80.6 Å². The van der Waals surface area contributed by atoms with E-state index in [1.54, 1.807) is 3.57 Å². The minimum absolute atomic E-state index is 0.0382. The maximum absolute atomic E-state index is 5.80. The van der Waals surface area contributed by atoms with Crippen LogP contribution in [0.1, 0.15) is 96.7 Å². The first-order chi connectivity index (χ1) is 36.6. The standard InChI is InChI=1S/C72H70I2N/c1-8-51-17-11-20-53(39-51)19-10-16-47(3)63-34-32-57(36-48(63)4)67-27-15-25-65-50(6)38-70(72(65)67)75-62-23-13-21-56(43-62)40-54-28-30-55(31-29-54)41-60-46-74(7)69-35-33-58(44-68(60)69)66-26-14-24-64-49(5)37-59(71(64)66)45-73-61-22-12-18-52(9-2)42-61/h1-2,11-15,17-18,20-35,39,41,44,48,56,59,61,67,70,72,75H,3,5-6,10,16,19,36-38,40,42-43,45-46H2,4,7H3/q-1/b60-41+/t48?,56?,59-,61?,67?,70?,72?/m0/s1. The molecule has 0 saturated heterocycles. The summed E-state index contributed by atoms with van der Waals surface area (Å²) >= 11 is -1.32. The van der Waals surface area contributed by atoms with Crippen molar-refractivity contribution in [2.24, 2.45) is 23.7 Å². The zero-order chi connectivity index (χ0) is 51.6. The third kappa shape index (κ3) is 11.2. The summed E-state index contributed by atoms with van der Waals surface area (Å²) in [7, 11) is 0. The van der Waals surface area contributed by atoms with Crippen LogP contribution in [0.5, 0.6) is 0 Å². The van der Waals surface area contributed by atoms with Crippen LogP contribution in [0.25, 0.3) is 28.3 Å². The van der Waals surface area contributed by atoms with Crippen molar-refractivity contribution in [1.82, 2.24) is 5.32 Å². The SMILES string of the molecule is C#CC1=CC=CC([I-]C[C@@H]2CC(=C)c3cccc(-c4ccc5c(c4)/C(=C/c4ccc(CC6C=CC=C(NC7CC(=C)C8=CC=CC(C9=CC=C(C(=C)CCCc%10cccc(C#C)c%10)C(C)C9)C87)C6)cc4)CI5C)c32)C1. The summed E-state index contributed by atoms with van der Waals surface area (Å²) in [6.07, 6.45) is 48.8. The Morgan fingerprint density at radius 2 is 1.61 bits per heavy atom. The van der Waals surface area contributed by atoms with Gasteiger partial charge < -0.3 is 0 Å². The number of aryl methyl sites for hydroxylation is 1. The summed E-state index contributed by atoms with van der Waals surface area (Å²) in [6.45, 7) is 16.2. The fourth-order valence-corrected chi connectivity index (χ4v) is 21.0. The van der Waals surface area contributed by atoms with Gasteiger partial charge in [0.2, 0.25) is 0 Å². The number of alkyl halides is 4. The topological polar surface area (TPSA) is 12.0 Å². The molecule has 0 amide bonds. The number of benzene rings is 4. The van der Waals surface area contributed by atoms with Crippen LogP contribution < -0.4 is 26.5 Å². The molecular weight excluding hydrogens is 1130 g/mol. The van der Waals surface area contributed by atoms with Crippen LogP contribution in [-0.2, 0) is 12.8 Å². The second kappa shape index (κ2) is 22.8. The first-order valence-electron chi connectivity index (χ1n) is 27.2. The van der Waals surface area contributed by atoms with Crippen molar-refractivity contribution < 1.29 is 21.2 Å². The van der Waals surface area contributed by atoms with Crippen LogP contribution in [0.4, 0.5) is 0 Å². The molecule has 1 fully saturated rings. The van der Waals surface area contributed by atoms with E-state index in [2.05, 4.69) is 201 Å². The molecule has 0 bridgehead atoms. The van der Waals surface area contributed by atoms with E-state index in [0.717, 1.165) is 68.9 Å². The molecular formula is C72H70I2N-. The Hall–Kier alpha value is -5.86. The van der Waals surface area contributed by atoms with Crippen molar-refractivity contribution in [3.63, 3.8) is 0 Å². The van der Waals surface area contributed by atoms with Crippen molar-refractivity contribution in [1.29, 1.82) is 0 Å². The molecule has 7 aliphatic rings. The van der Waals surface area contributed by atoms with Gasteiger partial charge in [0.1, 0.15) is 0 Å². The monoisotopic (exact) mass is 1200 g/mol. The molecule has 0 aromatic heterocycles. The van der Waals surface area contributed by atoms with Gasteiger partial charge in [-0.15, -0.1) is 6.42 Å². The molecule has 7 atom stereocenters. The summed E-state index contributed by atoms with van der Waals surface area (Å²) in [5, 5.41) is 4.12. The molecule has 378 valence electrons. The van der Waals surface area contributed by atoms with E-state index in [0.29, 0.717) is 39.6 Å². The maximum atomic E-state index is 5.80. The van der Waals surface area contributed by atoms with Crippen LogP contribution in [-0.4, -0.2) is 23.8 Å². The first-order valence-corrected chi connectivity index (χ1v) is 34.7. The van der Waals surface area contributed by atoms with Gasteiger partial charge in [0.05, 0.1) is 0 Å².